The van der Waals surface area contributed by atoms with E-state index in [0.717, 1.165) is 31.5 Å². The molecule has 25 heavy (non-hydrogen) atoms. The second-order valence-electron chi connectivity index (χ2n) is 6.65. The Bertz CT molecular complexity index is 688. The Labute approximate surface area is 148 Å². The molecule has 1 aliphatic heterocycles. The van der Waals surface area contributed by atoms with E-state index < -0.39 is 0 Å². The Morgan fingerprint density at radius 2 is 2.20 bits per heavy atom. The maximum Gasteiger partial charge on any atom is 0.224 e. The van der Waals surface area contributed by atoms with Gasteiger partial charge < -0.3 is 4.90 Å². The van der Waals surface area contributed by atoms with Crippen molar-refractivity contribution in [1.82, 2.24) is 19.6 Å². The highest BCUT2D eigenvalue weighted by Crippen LogP contribution is 2.19. The summed E-state index contributed by atoms with van der Waals surface area (Å²) in [6.07, 6.45) is 6.05. The lowest BCUT2D eigenvalue weighted by Crippen LogP contribution is -2.48. The van der Waals surface area contributed by atoms with E-state index in [4.69, 9.17) is 0 Å². The molecule has 1 aromatic carbocycles. The smallest absolute Gasteiger partial charge is 0.224 e. The van der Waals surface area contributed by atoms with Gasteiger partial charge in [0.05, 0.1) is 0 Å². The van der Waals surface area contributed by atoms with Gasteiger partial charge in [0.1, 0.15) is 5.82 Å². The van der Waals surface area contributed by atoms with Gasteiger partial charge in [0.25, 0.3) is 0 Å². The Hall–Kier alpha value is -2.21. The van der Waals surface area contributed by atoms with Crippen molar-refractivity contribution in [2.75, 3.05) is 20.1 Å². The average Bonchev–Trinajstić information content (AvgIpc) is 3.15. The fourth-order valence-corrected chi connectivity index (χ4v) is 3.38. The molecular formula is C19H25FN4O. The normalized spacial score (nSPS) is 18.2. The van der Waals surface area contributed by atoms with Crippen LogP contribution >= 0.6 is 0 Å². The zero-order valence-corrected chi connectivity index (χ0v) is 14.6. The minimum absolute atomic E-state index is 0.133. The summed E-state index contributed by atoms with van der Waals surface area (Å²) in [4.78, 5) is 16.6. The van der Waals surface area contributed by atoms with E-state index in [1.54, 1.807) is 16.9 Å². The maximum atomic E-state index is 13.9. The van der Waals surface area contributed by atoms with Crippen molar-refractivity contribution < 1.29 is 9.18 Å². The fourth-order valence-electron chi connectivity index (χ4n) is 3.38. The van der Waals surface area contributed by atoms with E-state index in [9.17, 15) is 9.18 Å². The number of piperidine rings is 1. The molecule has 2 aromatic rings. The number of nitrogens with zero attached hydrogens (tertiary/aromatic N) is 4. The molecule has 134 valence electrons. The first-order valence-electron chi connectivity index (χ1n) is 8.82. The van der Waals surface area contributed by atoms with Gasteiger partial charge in [-0.2, -0.15) is 5.10 Å². The van der Waals surface area contributed by atoms with Gasteiger partial charge in [-0.3, -0.25) is 14.4 Å². The van der Waals surface area contributed by atoms with Gasteiger partial charge in [0.15, 0.2) is 0 Å². The summed E-state index contributed by atoms with van der Waals surface area (Å²) in [6, 6.07) is 8.95. The predicted molar refractivity (Wildman–Crippen MR) is 94.3 cm³/mol. The molecule has 0 bridgehead atoms. The summed E-state index contributed by atoms with van der Waals surface area (Å²) >= 11 is 0. The molecule has 1 amide bonds. The monoisotopic (exact) mass is 344 g/mol. The molecule has 1 atom stereocenters. The Kier molecular flexibility index (Phi) is 5.81. The molecule has 0 N–H and O–H groups in total. The lowest BCUT2D eigenvalue weighted by atomic mass is 10.0. The number of carbonyl (C=O) groups is 1. The zero-order chi connectivity index (χ0) is 17.6. The van der Waals surface area contributed by atoms with Gasteiger partial charge in [0, 0.05) is 57.1 Å². The van der Waals surface area contributed by atoms with Crippen molar-refractivity contribution in [3.63, 3.8) is 0 Å². The van der Waals surface area contributed by atoms with Crippen LogP contribution in [0, 0.1) is 5.82 Å². The van der Waals surface area contributed by atoms with Crippen LogP contribution in [0.15, 0.2) is 42.7 Å². The minimum Gasteiger partial charge on any atom is -0.341 e. The quantitative estimate of drug-likeness (QED) is 0.809. The minimum atomic E-state index is -0.159. The number of likely N-dealkylation sites (N-methyl/N-ethyl adjacent to an activating group) is 1. The van der Waals surface area contributed by atoms with Crippen LogP contribution in [-0.2, 0) is 17.9 Å². The molecule has 5 nitrogen and oxygen atoms in total. The van der Waals surface area contributed by atoms with Gasteiger partial charge in [-0.25, -0.2) is 4.39 Å². The average molecular weight is 344 g/mol. The highest BCUT2D eigenvalue weighted by atomic mass is 19.1. The molecule has 6 heteroatoms. The number of likely N-dealkylation sites (tertiary alicyclic amines) is 1. The van der Waals surface area contributed by atoms with E-state index in [1.807, 2.05) is 36.3 Å². The fraction of sp³-hybridized carbons (Fsp3) is 0.474. The highest BCUT2D eigenvalue weighted by molar-refractivity contribution is 5.76. The first-order chi connectivity index (χ1) is 12.1. The zero-order valence-electron chi connectivity index (χ0n) is 14.6. The third-order valence-electron chi connectivity index (χ3n) is 4.89. The SMILES string of the molecule is CN(C(=O)CCn1cccn1)C1CCCN(Cc2ccccc2F)C1. The Morgan fingerprint density at radius 3 is 2.96 bits per heavy atom. The summed E-state index contributed by atoms with van der Waals surface area (Å²) in [7, 11) is 1.88. The van der Waals surface area contributed by atoms with E-state index in [2.05, 4.69) is 10.00 Å². The molecule has 1 aliphatic rings. The van der Waals surface area contributed by atoms with Crippen LogP contribution in [0.4, 0.5) is 4.39 Å². The third-order valence-corrected chi connectivity index (χ3v) is 4.89. The first kappa shape index (κ1) is 17.6. The number of aromatic nitrogens is 2. The van der Waals surface area contributed by atoms with Crippen LogP contribution in [0.25, 0.3) is 0 Å². The first-order valence-corrected chi connectivity index (χ1v) is 8.82. The van der Waals surface area contributed by atoms with Crippen LogP contribution < -0.4 is 0 Å². The van der Waals surface area contributed by atoms with Crippen molar-refractivity contribution >= 4 is 5.91 Å². The largest absolute Gasteiger partial charge is 0.341 e. The van der Waals surface area contributed by atoms with Gasteiger partial charge in [0.2, 0.25) is 5.91 Å². The summed E-state index contributed by atoms with van der Waals surface area (Å²) in [5.41, 5.74) is 0.718. The molecule has 0 saturated carbocycles. The second-order valence-corrected chi connectivity index (χ2v) is 6.65. The predicted octanol–water partition coefficient (Wildman–Crippen LogP) is 2.54. The van der Waals surface area contributed by atoms with Crippen molar-refractivity contribution in [3.8, 4) is 0 Å². The van der Waals surface area contributed by atoms with Crippen molar-refractivity contribution in [2.24, 2.45) is 0 Å². The van der Waals surface area contributed by atoms with E-state index in [0.29, 0.717) is 19.5 Å². The van der Waals surface area contributed by atoms with Crippen LogP contribution in [0.5, 0.6) is 0 Å². The van der Waals surface area contributed by atoms with Crippen LogP contribution in [0.3, 0.4) is 0 Å². The number of hydrogen-bond donors (Lipinski definition) is 0. The molecule has 3 rings (SSSR count). The molecule has 1 saturated heterocycles. The summed E-state index contributed by atoms with van der Waals surface area (Å²) < 4.78 is 15.6. The number of amides is 1. The number of carbonyl (C=O) groups excluding carboxylic acids is 1. The number of halogens is 1. The van der Waals surface area contributed by atoms with Crippen molar-refractivity contribution in [2.45, 2.75) is 38.4 Å². The van der Waals surface area contributed by atoms with E-state index >= 15 is 0 Å². The molecule has 1 unspecified atom stereocenters. The Morgan fingerprint density at radius 1 is 1.36 bits per heavy atom. The van der Waals surface area contributed by atoms with Gasteiger partial charge >= 0.3 is 0 Å². The number of aryl methyl sites for hydroxylation is 1. The molecule has 0 aliphatic carbocycles. The molecule has 2 heterocycles. The van der Waals surface area contributed by atoms with Gasteiger partial charge in [-0.15, -0.1) is 0 Å². The van der Waals surface area contributed by atoms with Gasteiger partial charge in [-0.1, -0.05) is 18.2 Å². The lowest BCUT2D eigenvalue weighted by molar-refractivity contribution is -0.133. The maximum absolute atomic E-state index is 13.9. The highest BCUT2D eigenvalue weighted by Gasteiger charge is 2.26. The van der Waals surface area contributed by atoms with Crippen molar-refractivity contribution in [3.05, 3.63) is 54.1 Å². The standard InChI is InChI=1S/C19H25FN4O/c1-22(19(25)9-13-24-12-5-10-21-24)17-7-4-11-23(15-17)14-16-6-2-3-8-18(16)20/h2-3,5-6,8,10,12,17H,4,7,9,11,13-15H2,1H3. The van der Waals surface area contributed by atoms with E-state index in [-0.39, 0.29) is 17.8 Å². The summed E-state index contributed by atoms with van der Waals surface area (Å²) in [5, 5.41) is 4.13. The topological polar surface area (TPSA) is 41.4 Å². The Balaban J connectivity index is 1.53. The molecular weight excluding hydrogens is 319 g/mol. The summed E-state index contributed by atoms with van der Waals surface area (Å²) in [5.74, 6) is -0.0264. The second kappa shape index (κ2) is 8.25. The number of hydrogen-bond acceptors (Lipinski definition) is 3. The van der Waals surface area contributed by atoms with Crippen LogP contribution in [0.1, 0.15) is 24.8 Å². The number of benzene rings is 1. The van der Waals surface area contributed by atoms with E-state index in [1.165, 1.54) is 6.07 Å². The molecule has 0 radical (unpaired) electrons. The lowest BCUT2D eigenvalue weighted by Gasteiger charge is -2.37. The van der Waals surface area contributed by atoms with Crippen molar-refractivity contribution in [1.29, 1.82) is 0 Å². The molecule has 1 fully saturated rings. The number of rotatable bonds is 6. The molecule has 1 aromatic heterocycles. The van der Waals surface area contributed by atoms with Gasteiger partial charge in [-0.05, 0) is 31.5 Å². The van der Waals surface area contributed by atoms with Crippen LogP contribution in [0.2, 0.25) is 0 Å². The molecule has 0 spiro atoms. The van der Waals surface area contributed by atoms with Crippen LogP contribution in [-0.4, -0.2) is 51.7 Å². The summed E-state index contributed by atoms with van der Waals surface area (Å²) in [6.45, 7) is 2.93. The third kappa shape index (κ3) is 4.66.